The zero-order valence-electron chi connectivity index (χ0n) is 16.6. The number of carbonyl (C=O) groups is 2. The average Bonchev–Trinajstić information content (AvgIpc) is 2.71. The topological polar surface area (TPSA) is 113 Å². The fraction of sp³-hybridized carbons (Fsp3) is 0.238. The molecule has 3 rings (SSSR count). The zero-order valence-corrected chi connectivity index (χ0v) is 17.4. The second-order valence-corrected chi connectivity index (χ2v) is 7.68. The van der Waals surface area contributed by atoms with Crippen LogP contribution in [0.1, 0.15) is 19.4 Å². The molecular weight excluding hydrogens is 404 g/mol. The molecule has 8 nitrogen and oxygen atoms in total. The first-order chi connectivity index (χ1) is 14.4. The molecule has 3 aromatic rings. The number of para-hydroxylation sites is 1. The Kier molecular flexibility index (Phi) is 6.73. The van der Waals surface area contributed by atoms with Gasteiger partial charge in [0.25, 0.3) is 5.56 Å². The minimum Gasteiger partial charge on any atom is -0.326 e. The van der Waals surface area contributed by atoms with Crippen LogP contribution in [-0.4, -0.2) is 33.4 Å². The lowest BCUT2D eigenvalue weighted by Gasteiger charge is -2.19. The zero-order chi connectivity index (χ0) is 21.7. The van der Waals surface area contributed by atoms with Crippen LogP contribution < -0.4 is 21.9 Å². The van der Waals surface area contributed by atoms with E-state index in [0.29, 0.717) is 34.5 Å². The molecule has 0 aliphatic heterocycles. The monoisotopic (exact) mass is 426 g/mol. The second kappa shape index (κ2) is 9.45. The third kappa shape index (κ3) is 4.80. The molecule has 1 aromatic heterocycles. The molecule has 2 aromatic carbocycles. The summed E-state index contributed by atoms with van der Waals surface area (Å²) in [6.45, 7) is 1.41. The number of hydrogen-bond acceptors (Lipinski definition) is 5. The molecule has 0 aliphatic rings. The van der Waals surface area contributed by atoms with E-state index in [-0.39, 0.29) is 5.91 Å². The van der Waals surface area contributed by atoms with E-state index in [1.54, 1.807) is 48.5 Å². The molecular formula is C21H22N4O4S. The van der Waals surface area contributed by atoms with Gasteiger partial charge in [-0.3, -0.25) is 14.4 Å². The normalized spacial score (nSPS) is 11.8. The lowest BCUT2D eigenvalue weighted by atomic mass is 10.1. The number of hydrogen-bond donors (Lipinski definition) is 3. The Balaban J connectivity index is 1.94. The van der Waals surface area contributed by atoms with Crippen molar-refractivity contribution >= 4 is 45.9 Å². The van der Waals surface area contributed by atoms with Crippen molar-refractivity contribution in [3.8, 4) is 0 Å². The number of aromatic nitrogens is 2. The van der Waals surface area contributed by atoms with Gasteiger partial charge in [-0.1, -0.05) is 12.1 Å². The highest BCUT2D eigenvalue weighted by Gasteiger charge is 2.24. The maximum absolute atomic E-state index is 13.0. The van der Waals surface area contributed by atoms with Gasteiger partial charge in [-0.05, 0) is 54.8 Å². The third-order valence-corrected chi connectivity index (χ3v) is 5.16. The quantitative estimate of drug-likeness (QED) is 0.537. The Morgan fingerprint density at radius 3 is 2.30 bits per heavy atom. The lowest BCUT2D eigenvalue weighted by Crippen LogP contribution is -2.43. The van der Waals surface area contributed by atoms with Crippen LogP contribution >= 0.6 is 11.8 Å². The molecule has 1 heterocycles. The van der Waals surface area contributed by atoms with Crippen LogP contribution in [0.3, 0.4) is 0 Å². The summed E-state index contributed by atoms with van der Waals surface area (Å²) >= 11 is 1.52. The molecule has 0 radical (unpaired) electrons. The minimum atomic E-state index is -0.965. The molecule has 3 N–H and O–H groups in total. The molecule has 0 fully saturated rings. The Bertz CT molecular complexity index is 1180. The molecule has 0 saturated heterocycles. The average molecular weight is 426 g/mol. The number of carbonyl (C=O) groups excluding carboxylic acids is 2. The molecule has 156 valence electrons. The Morgan fingerprint density at radius 1 is 1.03 bits per heavy atom. The van der Waals surface area contributed by atoms with Crippen LogP contribution in [0.4, 0.5) is 11.4 Å². The standard InChI is InChI=1S/C21H22N4O4S/c1-13(26)22-14-7-9-15(10-8-14)23-19(27)18(11-12-30-2)25-20(28)16-5-3-4-6-17(16)24-21(25)29/h3-10,18H,11-12H2,1-2H3,(H,22,26)(H,23,27)(H,24,29). The first-order valence-corrected chi connectivity index (χ1v) is 10.7. The first-order valence-electron chi connectivity index (χ1n) is 9.31. The van der Waals surface area contributed by atoms with E-state index in [0.717, 1.165) is 4.57 Å². The van der Waals surface area contributed by atoms with E-state index in [1.807, 2.05) is 6.26 Å². The van der Waals surface area contributed by atoms with E-state index >= 15 is 0 Å². The maximum Gasteiger partial charge on any atom is 0.329 e. The van der Waals surface area contributed by atoms with Gasteiger partial charge >= 0.3 is 5.69 Å². The summed E-state index contributed by atoms with van der Waals surface area (Å²) < 4.78 is 0.986. The predicted octanol–water partition coefficient (Wildman–Crippen LogP) is 2.58. The van der Waals surface area contributed by atoms with Gasteiger partial charge in [-0.15, -0.1) is 0 Å². The SMILES string of the molecule is CSCCC(C(=O)Nc1ccc(NC(C)=O)cc1)n1c(=O)[nH]c2ccccc2c1=O. The van der Waals surface area contributed by atoms with Gasteiger partial charge < -0.3 is 15.6 Å². The van der Waals surface area contributed by atoms with Crippen LogP contribution in [0.2, 0.25) is 0 Å². The van der Waals surface area contributed by atoms with Gasteiger partial charge in [0.1, 0.15) is 6.04 Å². The highest BCUT2D eigenvalue weighted by molar-refractivity contribution is 7.98. The highest BCUT2D eigenvalue weighted by Crippen LogP contribution is 2.18. The van der Waals surface area contributed by atoms with E-state index in [2.05, 4.69) is 15.6 Å². The summed E-state index contributed by atoms with van der Waals surface area (Å²) in [6, 6.07) is 12.3. The van der Waals surface area contributed by atoms with Crippen LogP contribution in [0.25, 0.3) is 10.9 Å². The van der Waals surface area contributed by atoms with E-state index in [1.165, 1.54) is 18.7 Å². The number of anilines is 2. The van der Waals surface area contributed by atoms with Crippen LogP contribution in [0.15, 0.2) is 58.1 Å². The smallest absolute Gasteiger partial charge is 0.326 e. The number of fused-ring (bicyclic) bond motifs is 1. The summed E-state index contributed by atoms with van der Waals surface area (Å²) in [7, 11) is 0. The molecule has 0 spiro atoms. The van der Waals surface area contributed by atoms with Crippen molar-refractivity contribution in [3.05, 3.63) is 69.4 Å². The van der Waals surface area contributed by atoms with Gasteiger partial charge in [-0.2, -0.15) is 11.8 Å². The number of nitrogens with zero attached hydrogens (tertiary/aromatic N) is 1. The summed E-state index contributed by atoms with van der Waals surface area (Å²) in [4.78, 5) is 52.4. The van der Waals surface area contributed by atoms with Crippen LogP contribution in [0, 0.1) is 0 Å². The Hall–Kier alpha value is -3.33. The van der Waals surface area contributed by atoms with Crippen LogP contribution in [0.5, 0.6) is 0 Å². The molecule has 0 saturated carbocycles. The number of thioether (sulfide) groups is 1. The van der Waals surface area contributed by atoms with Crippen molar-refractivity contribution in [1.82, 2.24) is 9.55 Å². The predicted molar refractivity (Wildman–Crippen MR) is 120 cm³/mol. The summed E-state index contributed by atoms with van der Waals surface area (Å²) in [6.07, 6.45) is 2.21. The van der Waals surface area contributed by atoms with Gasteiger partial charge in [0, 0.05) is 18.3 Å². The van der Waals surface area contributed by atoms with Gasteiger partial charge in [0.15, 0.2) is 0 Å². The number of amides is 2. The molecule has 30 heavy (non-hydrogen) atoms. The Morgan fingerprint density at radius 2 is 1.67 bits per heavy atom. The van der Waals surface area contributed by atoms with Crippen molar-refractivity contribution in [2.24, 2.45) is 0 Å². The van der Waals surface area contributed by atoms with E-state index in [4.69, 9.17) is 0 Å². The molecule has 0 aliphatic carbocycles. The second-order valence-electron chi connectivity index (χ2n) is 6.70. The Labute approximate surface area is 176 Å². The number of nitrogens with one attached hydrogen (secondary N) is 3. The van der Waals surface area contributed by atoms with Crippen molar-refractivity contribution in [1.29, 1.82) is 0 Å². The largest absolute Gasteiger partial charge is 0.329 e. The molecule has 1 unspecified atom stereocenters. The molecule has 2 amide bonds. The fourth-order valence-electron chi connectivity index (χ4n) is 3.13. The summed E-state index contributed by atoms with van der Waals surface area (Å²) in [5.74, 6) is -0.0591. The minimum absolute atomic E-state index is 0.196. The maximum atomic E-state index is 13.0. The third-order valence-electron chi connectivity index (χ3n) is 4.52. The lowest BCUT2D eigenvalue weighted by molar-refractivity contribution is -0.119. The number of rotatable bonds is 7. The van der Waals surface area contributed by atoms with Crippen molar-refractivity contribution in [2.75, 3.05) is 22.6 Å². The molecule has 9 heteroatoms. The van der Waals surface area contributed by atoms with Gasteiger partial charge in [-0.25, -0.2) is 9.36 Å². The first kappa shape index (κ1) is 21.4. The van der Waals surface area contributed by atoms with Crippen LogP contribution in [-0.2, 0) is 9.59 Å². The highest BCUT2D eigenvalue weighted by atomic mass is 32.2. The van der Waals surface area contributed by atoms with Crippen molar-refractivity contribution in [2.45, 2.75) is 19.4 Å². The molecule has 0 bridgehead atoms. The fourth-order valence-corrected chi connectivity index (χ4v) is 3.59. The van der Waals surface area contributed by atoms with Crippen molar-refractivity contribution < 1.29 is 9.59 Å². The number of benzene rings is 2. The van der Waals surface area contributed by atoms with E-state index in [9.17, 15) is 19.2 Å². The number of H-pyrrole nitrogens is 1. The van der Waals surface area contributed by atoms with Gasteiger partial charge in [0.05, 0.1) is 10.9 Å². The number of aromatic amines is 1. The van der Waals surface area contributed by atoms with E-state index < -0.39 is 23.2 Å². The van der Waals surface area contributed by atoms with Crippen molar-refractivity contribution in [3.63, 3.8) is 0 Å². The summed E-state index contributed by atoms with van der Waals surface area (Å²) in [5.41, 5.74) is 0.397. The molecule has 1 atom stereocenters. The summed E-state index contributed by atoms with van der Waals surface area (Å²) in [5, 5.41) is 5.75. The van der Waals surface area contributed by atoms with Gasteiger partial charge in [0.2, 0.25) is 11.8 Å².